The van der Waals surface area contributed by atoms with Gasteiger partial charge in [0, 0.05) is 17.3 Å². The van der Waals surface area contributed by atoms with Gasteiger partial charge in [0.25, 0.3) is 0 Å². The van der Waals surface area contributed by atoms with Crippen molar-refractivity contribution in [3.63, 3.8) is 0 Å². The van der Waals surface area contributed by atoms with Gasteiger partial charge in [-0.05, 0) is 41.5 Å². The molecule has 0 amide bonds. The van der Waals surface area contributed by atoms with Crippen molar-refractivity contribution in [2.75, 3.05) is 0 Å². The summed E-state index contributed by atoms with van der Waals surface area (Å²) in [6, 6.07) is 10.1. The summed E-state index contributed by atoms with van der Waals surface area (Å²) in [5, 5.41) is 9.63. The summed E-state index contributed by atoms with van der Waals surface area (Å²) in [7, 11) is 0. The Hall–Kier alpha value is -2.87. The predicted molar refractivity (Wildman–Crippen MR) is 91.0 cm³/mol. The number of aromatic nitrogens is 1. The van der Waals surface area contributed by atoms with Gasteiger partial charge in [-0.15, -0.1) is 0 Å². The van der Waals surface area contributed by atoms with E-state index < -0.39 is 30.1 Å². The molecule has 1 aromatic heterocycles. The molecule has 1 N–H and O–H groups in total. The summed E-state index contributed by atoms with van der Waals surface area (Å²) < 4.78 is 76.7. The lowest BCUT2D eigenvalue weighted by Crippen LogP contribution is -2.05. The second-order valence-electron chi connectivity index (χ2n) is 6.00. The van der Waals surface area contributed by atoms with Crippen LogP contribution in [0.4, 0.5) is 26.3 Å². The SMILES string of the molecule is OCc1ccnc(-c2ccc(C(F)(F)F)cc2)c1-c1ccc(C(F)(F)F)cc1. The van der Waals surface area contributed by atoms with Gasteiger partial charge in [-0.3, -0.25) is 4.98 Å². The molecule has 2 aromatic carbocycles. The van der Waals surface area contributed by atoms with E-state index in [1.807, 2.05) is 0 Å². The van der Waals surface area contributed by atoms with E-state index in [0.717, 1.165) is 24.3 Å². The minimum atomic E-state index is -4.50. The molecular formula is C20H13F6NO. The Kier molecular flexibility index (Phi) is 5.16. The van der Waals surface area contributed by atoms with Gasteiger partial charge in [0.05, 0.1) is 23.4 Å². The number of halogens is 6. The maximum Gasteiger partial charge on any atom is 0.416 e. The lowest BCUT2D eigenvalue weighted by molar-refractivity contribution is -0.138. The molecule has 28 heavy (non-hydrogen) atoms. The van der Waals surface area contributed by atoms with Gasteiger partial charge in [0.2, 0.25) is 0 Å². The van der Waals surface area contributed by atoms with Crippen LogP contribution in [-0.4, -0.2) is 10.1 Å². The van der Waals surface area contributed by atoms with Crippen molar-refractivity contribution in [2.45, 2.75) is 19.0 Å². The van der Waals surface area contributed by atoms with Gasteiger partial charge < -0.3 is 5.11 Å². The molecule has 0 atom stereocenters. The van der Waals surface area contributed by atoms with Crippen LogP contribution >= 0.6 is 0 Å². The number of rotatable bonds is 3. The number of aliphatic hydroxyl groups is 1. The highest BCUT2D eigenvalue weighted by molar-refractivity contribution is 5.83. The second kappa shape index (κ2) is 7.27. The smallest absolute Gasteiger partial charge is 0.392 e. The second-order valence-corrected chi connectivity index (χ2v) is 6.00. The van der Waals surface area contributed by atoms with Crippen molar-refractivity contribution < 1.29 is 31.4 Å². The Morgan fingerprint density at radius 1 is 0.679 bits per heavy atom. The van der Waals surface area contributed by atoms with Crippen molar-refractivity contribution in [3.05, 3.63) is 77.5 Å². The normalized spacial score (nSPS) is 12.2. The molecule has 0 saturated carbocycles. The molecule has 8 heteroatoms. The van der Waals surface area contributed by atoms with E-state index in [2.05, 4.69) is 4.98 Å². The molecule has 0 bridgehead atoms. The predicted octanol–water partition coefficient (Wildman–Crippen LogP) is 5.95. The van der Waals surface area contributed by atoms with Crippen molar-refractivity contribution in [3.8, 4) is 22.4 Å². The van der Waals surface area contributed by atoms with Crippen LogP contribution in [0.1, 0.15) is 16.7 Å². The number of nitrogens with zero attached hydrogens (tertiary/aromatic N) is 1. The molecular weight excluding hydrogens is 384 g/mol. The van der Waals surface area contributed by atoms with Crippen LogP contribution in [0.2, 0.25) is 0 Å². The fraction of sp³-hybridized carbons (Fsp3) is 0.150. The number of alkyl halides is 6. The molecule has 0 aliphatic heterocycles. The fourth-order valence-corrected chi connectivity index (χ4v) is 2.82. The first-order chi connectivity index (χ1) is 13.1. The highest BCUT2D eigenvalue weighted by atomic mass is 19.4. The molecule has 0 unspecified atom stereocenters. The van der Waals surface area contributed by atoms with Gasteiger partial charge >= 0.3 is 12.4 Å². The summed E-state index contributed by atoms with van der Waals surface area (Å²) in [4.78, 5) is 4.18. The van der Waals surface area contributed by atoms with Gasteiger partial charge in [-0.2, -0.15) is 26.3 Å². The standard InChI is InChI=1S/C20H13F6NO/c21-19(22,23)15-5-1-12(2-6-15)17-14(11-28)9-10-27-18(17)13-3-7-16(8-4-13)20(24,25)26/h1-10,28H,11H2. The maximum atomic E-state index is 12.8. The van der Waals surface area contributed by atoms with Crippen LogP contribution < -0.4 is 0 Å². The zero-order chi connectivity index (χ0) is 20.5. The highest BCUT2D eigenvalue weighted by Gasteiger charge is 2.31. The number of hydrogen-bond donors (Lipinski definition) is 1. The van der Waals surface area contributed by atoms with Crippen molar-refractivity contribution in [2.24, 2.45) is 0 Å². The van der Waals surface area contributed by atoms with E-state index in [-0.39, 0.29) is 5.69 Å². The van der Waals surface area contributed by atoms with Gasteiger partial charge in [0.15, 0.2) is 0 Å². The van der Waals surface area contributed by atoms with E-state index in [1.165, 1.54) is 36.5 Å². The molecule has 0 aliphatic rings. The minimum Gasteiger partial charge on any atom is -0.392 e. The molecule has 0 aliphatic carbocycles. The number of hydrogen-bond acceptors (Lipinski definition) is 2. The van der Waals surface area contributed by atoms with Crippen molar-refractivity contribution in [1.29, 1.82) is 0 Å². The molecule has 146 valence electrons. The Balaban J connectivity index is 2.12. The van der Waals surface area contributed by atoms with Crippen LogP contribution in [0, 0.1) is 0 Å². The first kappa shape index (κ1) is 19.9. The average molecular weight is 397 g/mol. The topological polar surface area (TPSA) is 33.1 Å². The maximum absolute atomic E-state index is 12.8. The largest absolute Gasteiger partial charge is 0.416 e. The third-order valence-corrected chi connectivity index (χ3v) is 4.19. The van der Waals surface area contributed by atoms with Crippen LogP contribution in [0.5, 0.6) is 0 Å². The number of aliphatic hydroxyl groups excluding tert-OH is 1. The van der Waals surface area contributed by atoms with E-state index >= 15 is 0 Å². The van der Waals surface area contributed by atoms with E-state index in [1.54, 1.807) is 0 Å². The summed E-state index contributed by atoms with van der Waals surface area (Å²) in [6.07, 6.45) is -7.61. The number of pyridine rings is 1. The van der Waals surface area contributed by atoms with Crippen LogP contribution in [0.3, 0.4) is 0 Å². The number of benzene rings is 2. The van der Waals surface area contributed by atoms with Crippen LogP contribution in [-0.2, 0) is 19.0 Å². The van der Waals surface area contributed by atoms with Gasteiger partial charge in [-0.25, -0.2) is 0 Å². The fourth-order valence-electron chi connectivity index (χ4n) is 2.82. The summed E-state index contributed by atoms with van der Waals surface area (Å²) >= 11 is 0. The summed E-state index contributed by atoms with van der Waals surface area (Å²) in [5.74, 6) is 0. The van der Waals surface area contributed by atoms with E-state index in [4.69, 9.17) is 0 Å². The first-order valence-electron chi connectivity index (χ1n) is 8.05. The summed E-state index contributed by atoms with van der Waals surface area (Å²) in [6.45, 7) is -0.410. The minimum absolute atomic E-state index is 0.264. The lowest BCUT2D eigenvalue weighted by Gasteiger charge is -2.15. The van der Waals surface area contributed by atoms with Crippen LogP contribution in [0.15, 0.2) is 60.8 Å². The van der Waals surface area contributed by atoms with Gasteiger partial charge in [-0.1, -0.05) is 24.3 Å². The Bertz CT molecular complexity index is 960. The molecule has 0 radical (unpaired) electrons. The van der Waals surface area contributed by atoms with E-state index in [9.17, 15) is 31.4 Å². The molecule has 3 aromatic rings. The molecule has 0 spiro atoms. The molecule has 0 saturated heterocycles. The first-order valence-corrected chi connectivity index (χ1v) is 8.05. The third-order valence-electron chi connectivity index (χ3n) is 4.19. The zero-order valence-corrected chi connectivity index (χ0v) is 14.1. The highest BCUT2D eigenvalue weighted by Crippen LogP contribution is 2.37. The molecule has 2 nitrogen and oxygen atoms in total. The molecule has 0 fully saturated rings. The molecule has 1 heterocycles. The lowest BCUT2D eigenvalue weighted by atomic mass is 9.94. The molecule has 3 rings (SSSR count). The zero-order valence-electron chi connectivity index (χ0n) is 14.1. The van der Waals surface area contributed by atoms with Crippen molar-refractivity contribution >= 4 is 0 Å². The average Bonchev–Trinajstić information content (AvgIpc) is 2.66. The van der Waals surface area contributed by atoms with Gasteiger partial charge in [0.1, 0.15) is 0 Å². The van der Waals surface area contributed by atoms with Crippen LogP contribution in [0.25, 0.3) is 22.4 Å². The Labute approximate surface area is 156 Å². The van der Waals surface area contributed by atoms with E-state index in [0.29, 0.717) is 22.3 Å². The Morgan fingerprint density at radius 2 is 1.14 bits per heavy atom. The third kappa shape index (κ3) is 4.01. The quantitative estimate of drug-likeness (QED) is 0.555. The summed E-state index contributed by atoms with van der Waals surface area (Å²) in [5.41, 5.74) is 0.0637. The Morgan fingerprint density at radius 3 is 1.57 bits per heavy atom. The van der Waals surface area contributed by atoms with Crippen molar-refractivity contribution in [1.82, 2.24) is 4.98 Å². The monoisotopic (exact) mass is 397 g/mol.